The largest absolute Gasteiger partial charge is 0.497 e. The van der Waals surface area contributed by atoms with Gasteiger partial charge in [0.25, 0.3) is 5.91 Å². The number of allylic oxidation sites excluding steroid dienone is 1. The Morgan fingerprint density at radius 3 is 2.17 bits per heavy atom. The first-order chi connectivity index (χ1) is 13.6. The molecule has 5 nitrogen and oxygen atoms in total. The molecule has 152 valence electrons. The van der Waals surface area contributed by atoms with Gasteiger partial charge in [0.15, 0.2) is 0 Å². The maximum atomic E-state index is 13.1. The Labute approximate surface area is 172 Å². The fourth-order valence-electron chi connectivity index (χ4n) is 4.25. The van der Waals surface area contributed by atoms with E-state index >= 15 is 0 Å². The van der Waals surface area contributed by atoms with Gasteiger partial charge in [-0.2, -0.15) is 0 Å². The predicted octanol–water partition coefficient (Wildman–Crippen LogP) is 4.62. The molecule has 0 radical (unpaired) electrons. The summed E-state index contributed by atoms with van der Waals surface area (Å²) in [5.41, 5.74) is 5.27. The lowest BCUT2D eigenvalue weighted by Gasteiger charge is -2.45. The summed E-state index contributed by atoms with van der Waals surface area (Å²) in [6.45, 7) is 11.3. The van der Waals surface area contributed by atoms with Gasteiger partial charge in [-0.05, 0) is 64.5 Å². The molecule has 0 spiro atoms. The van der Waals surface area contributed by atoms with Crippen LogP contribution in [-0.2, 0) is 4.79 Å². The first-order valence-electron chi connectivity index (χ1n) is 9.66. The lowest BCUT2D eigenvalue weighted by Crippen LogP contribution is -2.54. The van der Waals surface area contributed by atoms with Crippen molar-refractivity contribution in [2.24, 2.45) is 0 Å². The first-order valence-corrected chi connectivity index (χ1v) is 9.66. The van der Waals surface area contributed by atoms with E-state index < -0.39 is 5.54 Å². The number of hydrogen-bond acceptors (Lipinski definition) is 3. The van der Waals surface area contributed by atoms with Crippen LogP contribution >= 0.6 is 0 Å². The lowest BCUT2D eigenvalue weighted by molar-refractivity contribution is -0.117. The monoisotopic (exact) mass is 392 g/mol. The van der Waals surface area contributed by atoms with Crippen molar-refractivity contribution in [1.82, 2.24) is 5.32 Å². The number of carbonyl (C=O) groups is 2. The number of benzene rings is 2. The molecule has 5 heteroatoms. The fourth-order valence-corrected chi connectivity index (χ4v) is 4.25. The highest BCUT2D eigenvalue weighted by Crippen LogP contribution is 2.44. The van der Waals surface area contributed by atoms with Crippen LogP contribution in [0.5, 0.6) is 5.75 Å². The summed E-state index contributed by atoms with van der Waals surface area (Å²) in [6, 6.07) is 11.4. The Morgan fingerprint density at radius 2 is 1.62 bits per heavy atom. The standard InChI is InChI=1S/C24H28N2O3/c1-14-10-15(2)12-18(11-14)23(28)25-22-16(3)20-9-8-19(29-7)13-21(20)26(17(4)27)24(22,5)6/h8-13H,1-7H3,(H,25,28). The number of carbonyl (C=O) groups excluding carboxylic acids is 2. The van der Waals surface area contributed by atoms with Crippen LogP contribution in [-0.4, -0.2) is 24.5 Å². The number of nitrogens with one attached hydrogen (secondary N) is 1. The number of fused-ring (bicyclic) bond motifs is 1. The van der Waals surface area contributed by atoms with Crippen LogP contribution in [0.25, 0.3) is 5.57 Å². The molecule has 1 aliphatic rings. The highest BCUT2D eigenvalue weighted by Gasteiger charge is 2.41. The maximum absolute atomic E-state index is 13.1. The molecule has 0 fully saturated rings. The molecule has 1 N–H and O–H groups in total. The van der Waals surface area contributed by atoms with Gasteiger partial charge in [-0.25, -0.2) is 0 Å². The molecule has 0 unspecified atom stereocenters. The van der Waals surface area contributed by atoms with Gasteiger partial charge >= 0.3 is 0 Å². The van der Waals surface area contributed by atoms with Crippen LogP contribution in [0.4, 0.5) is 5.69 Å². The molecule has 2 amide bonds. The first kappa shape index (κ1) is 20.6. The molecule has 1 heterocycles. The van der Waals surface area contributed by atoms with Crippen molar-refractivity contribution in [3.8, 4) is 5.75 Å². The van der Waals surface area contributed by atoms with E-state index in [0.29, 0.717) is 11.3 Å². The van der Waals surface area contributed by atoms with Crippen molar-refractivity contribution in [2.45, 2.75) is 47.1 Å². The van der Waals surface area contributed by atoms with E-state index in [2.05, 4.69) is 5.32 Å². The van der Waals surface area contributed by atoms with Crippen molar-refractivity contribution in [1.29, 1.82) is 0 Å². The zero-order chi connectivity index (χ0) is 21.5. The molecule has 2 aromatic carbocycles. The molecule has 0 saturated carbocycles. The summed E-state index contributed by atoms with van der Waals surface area (Å²) in [6.07, 6.45) is 0. The number of amides is 2. The van der Waals surface area contributed by atoms with Crippen LogP contribution in [0.2, 0.25) is 0 Å². The minimum atomic E-state index is -0.732. The fraction of sp³-hybridized carbons (Fsp3) is 0.333. The molecule has 0 aliphatic carbocycles. The van der Waals surface area contributed by atoms with Crippen molar-refractivity contribution in [3.05, 3.63) is 64.3 Å². The topological polar surface area (TPSA) is 58.6 Å². The van der Waals surface area contributed by atoms with Gasteiger partial charge < -0.3 is 15.0 Å². The zero-order valence-corrected chi connectivity index (χ0v) is 18.1. The molecule has 2 aromatic rings. The number of ether oxygens (including phenoxy) is 1. The summed E-state index contributed by atoms with van der Waals surface area (Å²) < 4.78 is 5.36. The summed E-state index contributed by atoms with van der Waals surface area (Å²) in [5, 5.41) is 3.10. The molecular formula is C24H28N2O3. The second kappa shape index (κ2) is 7.39. The average molecular weight is 392 g/mol. The normalized spacial score (nSPS) is 15.1. The number of aryl methyl sites for hydroxylation is 2. The molecular weight excluding hydrogens is 364 g/mol. The van der Waals surface area contributed by atoms with E-state index in [9.17, 15) is 9.59 Å². The van der Waals surface area contributed by atoms with Gasteiger partial charge in [0.1, 0.15) is 5.75 Å². The number of nitrogens with zero attached hydrogens (tertiary/aromatic N) is 1. The SMILES string of the molecule is COc1ccc2c(c1)N(C(C)=O)C(C)(C)C(NC(=O)c1cc(C)cc(C)c1)=C2C. The minimum absolute atomic E-state index is 0.102. The Bertz CT molecular complexity index is 1010. The second-order valence-electron chi connectivity index (χ2n) is 8.13. The van der Waals surface area contributed by atoms with Gasteiger partial charge in [-0.3, -0.25) is 9.59 Å². The van der Waals surface area contributed by atoms with Crippen molar-refractivity contribution < 1.29 is 14.3 Å². The Morgan fingerprint density at radius 1 is 1.00 bits per heavy atom. The summed E-state index contributed by atoms with van der Waals surface area (Å²) >= 11 is 0. The zero-order valence-electron chi connectivity index (χ0n) is 18.1. The third-order valence-corrected chi connectivity index (χ3v) is 5.43. The Balaban J connectivity index is 2.13. The van der Waals surface area contributed by atoms with Gasteiger partial charge in [0.05, 0.1) is 18.3 Å². The van der Waals surface area contributed by atoms with Crippen LogP contribution in [0.15, 0.2) is 42.1 Å². The van der Waals surface area contributed by atoms with E-state index in [4.69, 9.17) is 4.74 Å². The lowest BCUT2D eigenvalue weighted by atomic mass is 9.84. The van der Waals surface area contributed by atoms with E-state index in [0.717, 1.165) is 33.6 Å². The van der Waals surface area contributed by atoms with Gasteiger partial charge in [0, 0.05) is 29.8 Å². The number of rotatable bonds is 3. The molecule has 0 saturated heterocycles. The third-order valence-electron chi connectivity index (χ3n) is 5.43. The summed E-state index contributed by atoms with van der Waals surface area (Å²) in [5.74, 6) is 0.399. The molecule has 1 aliphatic heterocycles. The van der Waals surface area contributed by atoms with Crippen LogP contribution in [0.3, 0.4) is 0 Å². The highest BCUT2D eigenvalue weighted by molar-refractivity contribution is 6.03. The van der Waals surface area contributed by atoms with Crippen molar-refractivity contribution >= 4 is 23.1 Å². The van der Waals surface area contributed by atoms with E-state index in [1.54, 1.807) is 12.0 Å². The quantitative estimate of drug-likeness (QED) is 0.829. The number of hydrogen-bond donors (Lipinski definition) is 1. The molecule has 29 heavy (non-hydrogen) atoms. The van der Waals surface area contributed by atoms with Crippen molar-refractivity contribution in [3.63, 3.8) is 0 Å². The van der Waals surface area contributed by atoms with Crippen LogP contribution < -0.4 is 15.0 Å². The second-order valence-corrected chi connectivity index (χ2v) is 8.13. The van der Waals surface area contributed by atoms with Crippen LogP contribution in [0.1, 0.15) is 54.7 Å². The minimum Gasteiger partial charge on any atom is -0.497 e. The van der Waals surface area contributed by atoms with Crippen LogP contribution in [0, 0.1) is 13.8 Å². The van der Waals surface area contributed by atoms with Crippen molar-refractivity contribution in [2.75, 3.05) is 12.0 Å². The Kier molecular flexibility index (Phi) is 5.26. The molecule has 0 bridgehead atoms. The van der Waals surface area contributed by atoms with Gasteiger partial charge in [-0.15, -0.1) is 0 Å². The molecule has 0 aromatic heterocycles. The molecule has 3 rings (SSSR count). The van der Waals surface area contributed by atoms with E-state index in [1.807, 2.05) is 71.0 Å². The third kappa shape index (κ3) is 3.65. The highest BCUT2D eigenvalue weighted by atomic mass is 16.5. The molecule has 0 atom stereocenters. The summed E-state index contributed by atoms with van der Waals surface area (Å²) in [4.78, 5) is 27.4. The smallest absolute Gasteiger partial charge is 0.255 e. The van der Waals surface area contributed by atoms with E-state index in [1.165, 1.54) is 6.92 Å². The Hall–Kier alpha value is -3.08. The predicted molar refractivity (Wildman–Crippen MR) is 116 cm³/mol. The maximum Gasteiger partial charge on any atom is 0.255 e. The van der Waals surface area contributed by atoms with Gasteiger partial charge in [-0.1, -0.05) is 17.2 Å². The van der Waals surface area contributed by atoms with E-state index in [-0.39, 0.29) is 11.8 Å². The number of anilines is 1. The average Bonchev–Trinajstić information content (AvgIpc) is 2.63. The van der Waals surface area contributed by atoms with Gasteiger partial charge in [0.2, 0.25) is 5.91 Å². The number of methoxy groups -OCH3 is 1. The summed E-state index contributed by atoms with van der Waals surface area (Å²) in [7, 11) is 1.60.